The van der Waals surface area contributed by atoms with Gasteiger partial charge < -0.3 is 0 Å². The first-order chi connectivity index (χ1) is 4.88. The minimum atomic E-state index is -4.28. The van der Waals surface area contributed by atoms with Gasteiger partial charge in [0, 0.05) is 5.57 Å². The second kappa shape index (κ2) is 3.60. The van der Waals surface area contributed by atoms with E-state index in [0.717, 1.165) is 6.08 Å². The van der Waals surface area contributed by atoms with E-state index in [1.807, 2.05) is 0 Å². The molecule has 0 radical (unpaired) electrons. The fraction of sp³-hybridized carbons (Fsp3) is 0.500. The number of hydrogen-bond donors (Lipinski definition) is 0. The predicted octanol–water partition coefficient (Wildman–Crippen LogP) is 3.46. The Kier molecular flexibility index (Phi) is 3.36. The van der Waals surface area contributed by atoms with Crippen LogP contribution >= 0.6 is 0 Å². The molecule has 0 nitrogen and oxygen atoms in total. The van der Waals surface area contributed by atoms with E-state index in [1.54, 1.807) is 13.8 Å². The Morgan fingerprint density at radius 2 is 1.91 bits per heavy atom. The molecule has 0 saturated carbocycles. The van der Waals surface area contributed by atoms with Crippen LogP contribution in [0.25, 0.3) is 0 Å². The standard InChI is InChI=1S/C8H11F3/c1-4-6(2)5-7(3)8(9,10)11/h5H,3-4H2,1-2H3/b6-5+. The first-order valence-corrected chi connectivity index (χ1v) is 3.31. The summed E-state index contributed by atoms with van der Waals surface area (Å²) >= 11 is 0. The van der Waals surface area contributed by atoms with Crippen molar-refractivity contribution < 1.29 is 13.2 Å². The van der Waals surface area contributed by atoms with Crippen LogP contribution in [-0.4, -0.2) is 6.18 Å². The molecule has 11 heavy (non-hydrogen) atoms. The Balaban J connectivity index is 4.30. The van der Waals surface area contributed by atoms with Gasteiger partial charge in [0.2, 0.25) is 0 Å². The van der Waals surface area contributed by atoms with Crippen LogP contribution in [-0.2, 0) is 0 Å². The smallest absolute Gasteiger partial charge is 0.166 e. The summed E-state index contributed by atoms with van der Waals surface area (Å²) in [6.45, 7) is 6.36. The SMILES string of the molecule is C=C(/C=C(\C)CC)C(F)(F)F. The molecule has 0 unspecified atom stereocenters. The van der Waals surface area contributed by atoms with Crippen molar-refractivity contribution in [1.82, 2.24) is 0 Å². The topological polar surface area (TPSA) is 0 Å². The Bertz CT molecular complexity index is 174. The lowest BCUT2D eigenvalue weighted by atomic mass is 10.1. The first-order valence-electron chi connectivity index (χ1n) is 3.31. The first kappa shape index (κ1) is 10.3. The maximum absolute atomic E-state index is 11.8. The van der Waals surface area contributed by atoms with E-state index >= 15 is 0 Å². The molecule has 0 aromatic rings. The lowest BCUT2D eigenvalue weighted by Crippen LogP contribution is -2.08. The highest BCUT2D eigenvalue weighted by Gasteiger charge is 2.29. The summed E-state index contributed by atoms with van der Waals surface area (Å²) in [5.74, 6) is 0. The monoisotopic (exact) mass is 164 g/mol. The van der Waals surface area contributed by atoms with Gasteiger partial charge in [0.05, 0.1) is 0 Å². The van der Waals surface area contributed by atoms with Crippen molar-refractivity contribution in [1.29, 1.82) is 0 Å². The molecule has 0 aliphatic rings. The molecule has 0 amide bonds. The second-order valence-corrected chi connectivity index (χ2v) is 2.37. The zero-order valence-corrected chi connectivity index (χ0v) is 6.63. The molecule has 0 aromatic carbocycles. The van der Waals surface area contributed by atoms with Crippen LogP contribution in [0.5, 0.6) is 0 Å². The highest BCUT2D eigenvalue weighted by atomic mass is 19.4. The van der Waals surface area contributed by atoms with Crippen molar-refractivity contribution in [3.05, 3.63) is 23.8 Å². The van der Waals surface area contributed by atoms with Gasteiger partial charge in [-0.2, -0.15) is 13.2 Å². The molecule has 64 valence electrons. The van der Waals surface area contributed by atoms with Crippen molar-refractivity contribution in [3.63, 3.8) is 0 Å². The van der Waals surface area contributed by atoms with E-state index in [0.29, 0.717) is 12.0 Å². The maximum Gasteiger partial charge on any atom is 0.415 e. The second-order valence-electron chi connectivity index (χ2n) is 2.37. The van der Waals surface area contributed by atoms with Crippen LogP contribution in [0, 0.1) is 0 Å². The molecule has 0 atom stereocenters. The van der Waals surface area contributed by atoms with Crippen molar-refractivity contribution in [3.8, 4) is 0 Å². The Morgan fingerprint density at radius 1 is 1.45 bits per heavy atom. The third-order valence-corrected chi connectivity index (χ3v) is 1.34. The highest BCUT2D eigenvalue weighted by molar-refractivity contribution is 5.23. The molecule has 0 rings (SSSR count). The van der Waals surface area contributed by atoms with Gasteiger partial charge in [0.15, 0.2) is 0 Å². The molecule has 0 aliphatic carbocycles. The summed E-state index contributed by atoms with van der Waals surface area (Å²) in [6, 6.07) is 0. The summed E-state index contributed by atoms with van der Waals surface area (Å²) in [4.78, 5) is 0. The van der Waals surface area contributed by atoms with Crippen LogP contribution in [0.15, 0.2) is 23.8 Å². The molecule has 0 fully saturated rings. The summed E-state index contributed by atoms with van der Waals surface area (Å²) < 4.78 is 35.4. The van der Waals surface area contributed by atoms with Gasteiger partial charge in [0.25, 0.3) is 0 Å². The average Bonchev–Trinajstić information content (AvgIpc) is 1.85. The lowest BCUT2D eigenvalue weighted by molar-refractivity contribution is -0.0878. The Hall–Kier alpha value is -0.730. The van der Waals surface area contributed by atoms with E-state index in [2.05, 4.69) is 6.58 Å². The fourth-order valence-electron chi connectivity index (χ4n) is 0.481. The minimum absolute atomic E-state index is 0.620. The van der Waals surface area contributed by atoms with Crippen LogP contribution in [0.4, 0.5) is 13.2 Å². The summed E-state index contributed by atoms with van der Waals surface area (Å²) in [5, 5.41) is 0. The molecule has 3 heteroatoms. The molecular formula is C8H11F3. The molecule has 0 saturated heterocycles. The Morgan fingerprint density at radius 3 is 2.18 bits per heavy atom. The van der Waals surface area contributed by atoms with Crippen LogP contribution < -0.4 is 0 Å². The molecular weight excluding hydrogens is 153 g/mol. The van der Waals surface area contributed by atoms with E-state index in [9.17, 15) is 13.2 Å². The molecule has 0 bridgehead atoms. The Labute approximate surface area is 64.4 Å². The van der Waals surface area contributed by atoms with Crippen molar-refractivity contribution >= 4 is 0 Å². The highest BCUT2D eigenvalue weighted by Crippen LogP contribution is 2.25. The predicted molar refractivity (Wildman–Crippen MR) is 39.2 cm³/mol. The maximum atomic E-state index is 11.8. The third-order valence-electron chi connectivity index (χ3n) is 1.34. The van der Waals surface area contributed by atoms with E-state index in [4.69, 9.17) is 0 Å². The largest absolute Gasteiger partial charge is 0.415 e. The van der Waals surface area contributed by atoms with Crippen molar-refractivity contribution in [2.45, 2.75) is 26.4 Å². The van der Waals surface area contributed by atoms with Gasteiger partial charge in [-0.1, -0.05) is 25.2 Å². The van der Waals surface area contributed by atoms with E-state index in [1.165, 1.54) is 0 Å². The van der Waals surface area contributed by atoms with Gasteiger partial charge in [-0.15, -0.1) is 0 Å². The van der Waals surface area contributed by atoms with E-state index < -0.39 is 11.7 Å². The fourth-order valence-corrected chi connectivity index (χ4v) is 0.481. The average molecular weight is 164 g/mol. The quantitative estimate of drug-likeness (QED) is 0.548. The zero-order valence-electron chi connectivity index (χ0n) is 6.63. The van der Waals surface area contributed by atoms with Gasteiger partial charge in [-0.05, 0) is 13.3 Å². The third kappa shape index (κ3) is 3.86. The van der Waals surface area contributed by atoms with Gasteiger partial charge in [0.1, 0.15) is 0 Å². The zero-order chi connectivity index (χ0) is 9.07. The van der Waals surface area contributed by atoms with E-state index in [-0.39, 0.29) is 0 Å². The van der Waals surface area contributed by atoms with Crippen molar-refractivity contribution in [2.75, 3.05) is 0 Å². The number of hydrogen-bond acceptors (Lipinski definition) is 0. The number of halogens is 3. The molecule has 0 heterocycles. The van der Waals surface area contributed by atoms with Gasteiger partial charge in [-0.3, -0.25) is 0 Å². The van der Waals surface area contributed by atoms with Crippen molar-refractivity contribution in [2.24, 2.45) is 0 Å². The van der Waals surface area contributed by atoms with Crippen LogP contribution in [0.3, 0.4) is 0 Å². The molecule has 0 N–H and O–H groups in total. The number of alkyl halides is 3. The lowest BCUT2D eigenvalue weighted by Gasteiger charge is -2.05. The van der Waals surface area contributed by atoms with Crippen LogP contribution in [0.1, 0.15) is 20.3 Å². The number of allylic oxidation sites excluding steroid dienone is 3. The summed E-state index contributed by atoms with van der Waals surface area (Å²) in [7, 11) is 0. The molecule has 0 aliphatic heterocycles. The normalized spacial score (nSPS) is 13.4. The number of rotatable bonds is 2. The van der Waals surface area contributed by atoms with Gasteiger partial charge in [-0.25, -0.2) is 0 Å². The van der Waals surface area contributed by atoms with Gasteiger partial charge >= 0.3 is 6.18 Å². The molecule has 0 spiro atoms. The molecule has 0 aromatic heterocycles. The van der Waals surface area contributed by atoms with Crippen LogP contribution in [0.2, 0.25) is 0 Å². The summed E-state index contributed by atoms with van der Waals surface area (Å²) in [5.41, 5.74) is -0.0934. The summed E-state index contributed by atoms with van der Waals surface area (Å²) in [6.07, 6.45) is -2.59. The minimum Gasteiger partial charge on any atom is -0.166 e.